The second-order valence-electron chi connectivity index (χ2n) is 34.3. The van der Waals surface area contributed by atoms with E-state index in [2.05, 4.69) is 538 Å². The van der Waals surface area contributed by atoms with Crippen molar-refractivity contribution in [2.75, 3.05) is 14.7 Å². The van der Waals surface area contributed by atoms with Gasteiger partial charge in [-0.25, -0.2) is 0 Å². The van der Waals surface area contributed by atoms with Crippen LogP contribution in [0.3, 0.4) is 0 Å². The summed E-state index contributed by atoms with van der Waals surface area (Å²) in [4.78, 5) is 7.50. The largest absolute Gasteiger partial charge is 0.310 e. The minimum Gasteiger partial charge on any atom is -0.310 e. The van der Waals surface area contributed by atoms with E-state index in [9.17, 15) is 0 Å². The van der Waals surface area contributed by atoms with Crippen LogP contribution in [0, 0.1) is 0 Å². The van der Waals surface area contributed by atoms with E-state index < -0.39 is 0 Å². The lowest BCUT2D eigenvalue weighted by atomic mass is 10.0. The number of fused-ring (bicyclic) bond motifs is 12. The maximum Gasteiger partial charge on any atom is 0.0542 e. The quantitative estimate of drug-likeness (QED) is 0.0856. The molecule has 6 nitrogen and oxygen atoms in total. The minimum absolute atomic E-state index is 0.944. The second-order valence-corrected chi connectivity index (χ2v) is 34.3. The molecule has 22 aromatic carbocycles. The zero-order chi connectivity index (χ0) is 87.1. The van der Waals surface area contributed by atoms with Crippen molar-refractivity contribution in [1.82, 2.24) is 13.7 Å². The third-order valence-electron chi connectivity index (χ3n) is 26.7. The maximum absolute atomic E-state index is 2.50. The molecule has 0 saturated heterocycles. The van der Waals surface area contributed by atoms with Gasteiger partial charge < -0.3 is 28.4 Å². The van der Waals surface area contributed by atoms with Crippen LogP contribution >= 0.6 is 0 Å². The molecule has 0 aliphatic carbocycles. The van der Waals surface area contributed by atoms with Crippen molar-refractivity contribution in [1.29, 1.82) is 0 Å². The van der Waals surface area contributed by atoms with Crippen LogP contribution in [-0.2, 0) is 0 Å². The zero-order valence-electron chi connectivity index (χ0n) is 72.2. The molecule has 0 atom stereocenters. The third-order valence-corrected chi connectivity index (χ3v) is 26.7. The molecule has 132 heavy (non-hydrogen) atoms. The fraction of sp³-hybridized carbons (Fsp3) is 0. The van der Waals surface area contributed by atoms with E-state index in [1.54, 1.807) is 0 Å². The van der Waals surface area contributed by atoms with Gasteiger partial charge in [0.25, 0.3) is 0 Å². The van der Waals surface area contributed by atoms with Gasteiger partial charge in [0.2, 0.25) is 0 Å². The molecule has 25 aromatic rings. The number of hydrogen-bond acceptors (Lipinski definition) is 3. The van der Waals surface area contributed by atoms with Crippen LogP contribution in [0.5, 0.6) is 0 Å². The molecular formula is C126H84N6. The summed E-state index contributed by atoms with van der Waals surface area (Å²) in [5.41, 5.74) is 33.0. The van der Waals surface area contributed by atoms with Crippen LogP contribution in [0.25, 0.3) is 182 Å². The summed E-state index contributed by atoms with van der Waals surface area (Å²) in [6.45, 7) is 0. The van der Waals surface area contributed by atoms with Gasteiger partial charge >= 0.3 is 0 Å². The van der Waals surface area contributed by atoms with Gasteiger partial charge in [-0.1, -0.05) is 346 Å². The first-order valence-electron chi connectivity index (χ1n) is 45.3. The number of para-hydroxylation sites is 3. The second kappa shape index (κ2) is 32.4. The van der Waals surface area contributed by atoms with Gasteiger partial charge in [-0.3, -0.25) is 0 Å². The number of anilines is 9. The Morgan fingerprint density at radius 3 is 0.485 bits per heavy atom. The lowest BCUT2D eigenvalue weighted by molar-refractivity contribution is 1.19. The van der Waals surface area contributed by atoms with Gasteiger partial charge in [-0.05, 0) is 231 Å². The van der Waals surface area contributed by atoms with Crippen LogP contribution < -0.4 is 14.7 Å². The van der Waals surface area contributed by atoms with E-state index >= 15 is 0 Å². The number of aromatic nitrogens is 3. The van der Waals surface area contributed by atoms with Gasteiger partial charge in [0.15, 0.2) is 0 Å². The van der Waals surface area contributed by atoms with Crippen LogP contribution in [0.4, 0.5) is 51.2 Å². The topological polar surface area (TPSA) is 24.5 Å². The zero-order valence-corrected chi connectivity index (χ0v) is 72.2. The minimum atomic E-state index is 0.944. The maximum atomic E-state index is 2.50. The third kappa shape index (κ3) is 13.3. The summed E-state index contributed by atoms with van der Waals surface area (Å²) in [6.07, 6.45) is 0. The monoisotopic (exact) mass is 1680 g/mol. The summed E-state index contributed by atoms with van der Waals surface area (Å²) >= 11 is 0. The Labute approximate surface area is 765 Å². The van der Waals surface area contributed by atoms with E-state index in [0.29, 0.717) is 0 Å². The first-order chi connectivity index (χ1) is 65.5. The highest BCUT2D eigenvalue weighted by atomic mass is 15.2. The molecule has 3 aromatic heterocycles. The summed E-state index contributed by atoms with van der Waals surface area (Å²) in [6, 6.07) is 188. The van der Waals surface area contributed by atoms with Gasteiger partial charge in [0, 0.05) is 81.7 Å². The molecular weight excluding hydrogens is 1600 g/mol. The highest BCUT2D eigenvalue weighted by molar-refractivity contribution is 6.18. The van der Waals surface area contributed by atoms with E-state index in [4.69, 9.17) is 0 Å². The van der Waals surface area contributed by atoms with Crippen LogP contribution in [0.2, 0.25) is 0 Å². The molecule has 618 valence electrons. The first-order valence-corrected chi connectivity index (χ1v) is 45.3. The van der Waals surface area contributed by atoms with Gasteiger partial charge in [-0.2, -0.15) is 0 Å². The SMILES string of the molecule is c1ccc(-c2ccc3c(c2)c2cc(-c4ccccc4)ccc2n3-c2ccc(N(c3ccccc3)c3cc(N(c4ccccc4)c4ccc(-n5c6ccc(-c7ccccc7)cc6c6cc(-c7ccccc7)ccc65)c5ccccc45)cc(N(c4ccccc4)c4ccc(-n5c6ccc(-c7ccccc7)cc6c6cc(-c7ccccc7)ccc65)c5ccccc45)c3)c3ccccc23)cc1. The van der Waals surface area contributed by atoms with Crippen molar-refractivity contribution in [2.24, 2.45) is 0 Å². The fourth-order valence-electron chi connectivity index (χ4n) is 20.7. The predicted octanol–water partition coefficient (Wildman–Crippen LogP) is 34.8. The Kier molecular flexibility index (Phi) is 18.8. The Morgan fingerprint density at radius 1 is 0.114 bits per heavy atom. The molecule has 25 rings (SSSR count). The summed E-state index contributed by atoms with van der Waals surface area (Å²) in [5, 5.41) is 13.7. The highest BCUT2D eigenvalue weighted by Gasteiger charge is 2.30. The van der Waals surface area contributed by atoms with Crippen molar-refractivity contribution >= 4 is 149 Å². The first kappa shape index (κ1) is 76.8. The highest BCUT2D eigenvalue weighted by Crippen LogP contribution is 2.53. The van der Waals surface area contributed by atoms with Crippen molar-refractivity contribution in [3.05, 3.63) is 510 Å². The molecule has 0 fully saturated rings. The molecule has 6 heteroatoms. The number of benzene rings is 22. The van der Waals surface area contributed by atoms with Crippen molar-refractivity contribution in [3.8, 4) is 83.8 Å². The standard InChI is InChI=1S/C126H84N6/c1-10-34-85(35-11-1)91-58-64-121-109(76-91)110-77-92(86-36-12-2-13-37-86)59-65-122(110)130(121)118-73-70-115(103-52-28-31-55-106(103)118)127(97-46-22-7-23-47-97)100-82-101(128(98-48-24-8-25-49-98)116-71-74-119(107-56-32-29-53-104(107)116)131-123-66-60-93(87-38-14-3-15-39-87)78-111(123)112-79-94(61-67-124(112)131)88-40-16-4-17-41-88)84-102(83-100)129(99-50-26-9-27-51-99)117-72-75-120(108-57-33-30-54-105(108)117)132-125-68-62-95(89-42-18-5-19-43-89)80-113(125)114-81-96(63-69-126(114)132)90-44-20-6-21-45-90/h1-84H. The number of rotatable bonds is 18. The molecule has 0 bridgehead atoms. The molecule has 0 saturated carbocycles. The average molecular weight is 1680 g/mol. The van der Waals surface area contributed by atoms with Gasteiger partial charge in [-0.15, -0.1) is 0 Å². The van der Waals surface area contributed by atoms with E-state index in [1.165, 1.54) is 99.1 Å². The average Bonchev–Trinajstić information content (AvgIpc) is 1.21. The smallest absolute Gasteiger partial charge is 0.0542 e. The van der Waals surface area contributed by atoms with Crippen LogP contribution in [0.1, 0.15) is 0 Å². The van der Waals surface area contributed by atoms with E-state index in [-0.39, 0.29) is 0 Å². The molecule has 0 unspecified atom stereocenters. The number of hydrogen-bond donors (Lipinski definition) is 0. The molecule has 0 N–H and O–H groups in total. The lowest BCUT2D eigenvalue weighted by Crippen LogP contribution is -2.17. The summed E-state index contributed by atoms with van der Waals surface area (Å²) < 4.78 is 7.51. The van der Waals surface area contributed by atoms with Crippen LogP contribution in [0.15, 0.2) is 510 Å². The molecule has 3 heterocycles. The molecule has 0 radical (unpaired) electrons. The van der Waals surface area contributed by atoms with Crippen molar-refractivity contribution in [3.63, 3.8) is 0 Å². The molecule has 0 amide bonds. The van der Waals surface area contributed by atoms with Crippen molar-refractivity contribution < 1.29 is 0 Å². The normalized spacial score (nSPS) is 11.6. The molecule has 0 aliphatic heterocycles. The Morgan fingerprint density at radius 2 is 0.288 bits per heavy atom. The Balaban J connectivity index is 0.730. The molecule has 0 aliphatic rings. The summed E-state index contributed by atoms with van der Waals surface area (Å²) in [7, 11) is 0. The number of nitrogens with zero attached hydrogens (tertiary/aromatic N) is 6. The van der Waals surface area contributed by atoms with E-state index in [0.717, 1.165) is 134 Å². The predicted molar refractivity (Wildman–Crippen MR) is 559 cm³/mol. The van der Waals surface area contributed by atoms with Crippen molar-refractivity contribution in [2.45, 2.75) is 0 Å². The fourth-order valence-corrected chi connectivity index (χ4v) is 20.7. The Hall–Kier alpha value is -17.6. The van der Waals surface area contributed by atoms with E-state index in [1.807, 2.05) is 0 Å². The molecule has 0 spiro atoms. The van der Waals surface area contributed by atoms with Crippen LogP contribution in [-0.4, -0.2) is 13.7 Å². The van der Waals surface area contributed by atoms with Gasteiger partial charge in [0.1, 0.15) is 0 Å². The lowest BCUT2D eigenvalue weighted by Gasteiger charge is -2.34. The van der Waals surface area contributed by atoms with Gasteiger partial charge in [0.05, 0.1) is 84.3 Å². The Bertz CT molecular complexity index is 7620. The summed E-state index contributed by atoms with van der Waals surface area (Å²) in [5.74, 6) is 0.